The van der Waals surface area contributed by atoms with E-state index in [1.165, 1.54) is 17.1 Å². The second-order valence-corrected chi connectivity index (χ2v) is 5.62. The van der Waals surface area contributed by atoms with Crippen molar-refractivity contribution in [2.45, 2.75) is 23.9 Å². The molecule has 2 rings (SSSR count). The average Bonchev–Trinajstić information content (AvgIpc) is 2.73. The number of aromatic nitrogens is 2. The van der Waals surface area contributed by atoms with E-state index in [9.17, 15) is 0 Å². The highest BCUT2D eigenvalue weighted by atomic mass is 32.2. The molecule has 1 aromatic carbocycles. The highest BCUT2D eigenvalue weighted by Crippen LogP contribution is 2.25. The van der Waals surface area contributed by atoms with Crippen LogP contribution >= 0.6 is 23.3 Å². The number of nitriles is 1. The lowest BCUT2D eigenvalue weighted by atomic mass is 10.1. The van der Waals surface area contributed by atoms with Crippen molar-refractivity contribution in [1.82, 2.24) is 9.36 Å². The number of nitrogens with zero attached hydrogens (tertiary/aromatic N) is 3. The van der Waals surface area contributed by atoms with Crippen molar-refractivity contribution in [2.24, 2.45) is 0 Å². The minimum atomic E-state index is 0.711. The van der Waals surface area contributed by atoms with Gasteiger partial charge in [0.1, 0.15) is 5.82 Å². The van der Waals surface area contributed by atoms with E-state index in [4.69, 9.17) is 5.26 Å². The molecule has 1 aromatic heterocycles. The summed E-state index contributed by atoms with van der Waals surface area (Å²) < 4.78 is 5.14. The molecule has 3 nitrogen and oxygen atoms in total. The lowest BCUT2D eigenvalue weighted by Crippen LogP contribution is -1.87. The van der Waals surface area contributed by atoms with Crippen LogP contribution in [0.2, 0.25) is 0 Å². The summed E-state index contributed by atoms with van der Waals surface area (Å²) in [5.41, 5.74) is 3.10. The molecule has 0 saturated carbocycles. The Kier molecular flexibility index (Phi) is 3.77. The summed E-state index contributed by atoms with van der Waals surface area (Å²) in [6.07, 6.45) is 0. The maximum Gasteiger partial charge on any atom is 0.170 e. The third-order valence-electron chi connectivity index (χ3n) is 2.33. The maximum absolute atomic E-state index is 8.79. The predicted molar refractivity (Wildman–Crippen MR) is 70.1 cm³/mol. The molecule has 0 aliphatic rings. The standard InChI is InChI=1S/C12H11N3S2/c1-8-5-10(6-13)3-4-11(8)7-16-12-14-9(2)15-17-12/h3-5H,7H2,1-2H3. The lowest BCUT2D eigenvalue weighted by molar-refractivity contribution is 1.10. The van der Waals surface area contributed by atoms with Crippen molar-refractivity contribution < 1.29 is 0 Å². The van der Waals surface area contributed by atoms with Gasteiger partial charge in [0.05, 0.1) is 11.6 Å². The van der Waals surface area contributed by atoms with Crippen LogP contribution in [0.15, 0.2) is 22.5 Å². The highest BCUT2D eigenvalue weighted by Gasteiger charge is 2.04. The first kappa shape index (κ1) is 12.1. The Morgan fingerprint density at radius 2 is 2.24 bits per heavy atom. The van der Waals surface area contributed by atoms with Gasteiger partial charge in [-0.3, -0.25) is 0 Å². The highest BCUT2D eigenvalue weighted by molar-refractivity contribution is 8.00. The van der Waals surface area contributed by atoms with E-state index in [1.807, 2.05) is 32.0 Å². The van der Waals surface area contributed by atoms with Crippen LogP contribution in [0.4, 0.5) is 0 Å². The van der Waals surface area contributed by atoms with Crippen LogP contribution in [-0.4, -0.2) is 9.36 Å². The molecular weight excluding hydrogens is 250 g/mol. The topological polar surface area (TPSA) is 49.6 Å². The van der Waals surface area contributed by atoms with Gasteiger partial charge in [0.2, 0.25) is 0 Å². The van der Waals surface area contributed by atoms with Crippen molar-refractivity contribution in [3.8, 4) is 6.07 Å². The average molecular weight is 261 g/mol. The van der Waals surface area contributed by atoms with E-state index < -0.39 is 0 Å². The van der Waals surface area contributed by atoms with Crippen LogP contribution in [0, 0.1) is 25.2 Å². The molecule has 0 unspecified atom stereocenters. The Morgan fingerprint density at radius 1 is 1.41 bits per heavy atom. The zero-order chi connectivity index (χ0) is 12.3. The van der Waals surface area contributed by atoms with Crippen molar-refractivity contribution in [1.29, 1.82) is 5.26 Å². The Labute approximate surface area is 109 Å². The summed E-state index contributed by atoms with van der Waals surface area (Å²) >= 11 is 3.12. The molecule has 0 radical (unpaired) electrons. The van der Waals surface area contributed by atoms with Crippen molar-refractivity contribution in [3.05, 3.63) is 40.7 Å². The Morgan fingerprint density at radius 3 is 2.82 bits per heavy atom. The predicted octanol–water partition coefficient (Wildman–Crippen LogP) is 3.32. The van der Waals surface area contributed by atoms with E-state index in [2.05, 4.69) is 15.4 Å². The van der Waals surface area contributed by atoms with E-state index in [1.54, 1.807) is 11.8 Å². The molecule has 1 heterocycles. The van der Waals surface area contributed by atoms with Crippen LogP contribution < -0.4 is 0 Å². The zero-order valence-electron chi connectivity index (χ0n) is 9.60. The van der Waals surface area contributed by atoms with Gasteiger partial charge in [0.15, 0.2) is 4.34 Å². The monoisotopic (exact) mass is 261 g/mol. The summed E-state index contributed by atoms with van der Waals surface area (Å²) in [6, 6.07) is 7.93. The molecule has 0 saturated heterocycles. The largest absolute Gasteiger partial charge is 0.213 e. The Balaban J connectivity index is 2.07. The first-order chi connectivity index (χ1) is 8.19. The van der Waals surface area contributed by atoms with Crippen LogP contribution in [0.25, 0.3) is 0 Å². The van der Waals surface area contributed by atoms with Gasteiger partial charge in [-0.15, -0.1) is 0 Å². The van der Waals surface area contributed by atoms with Gasteiger partial charge < -0.3 is 0 Å². The molecule has 0 fully saturated rings. The van der Waals surface area contributed by atoms with Crippen molar-refractivity contribution in [3.63, 3.8) is 0 Å². The van der Waals surface area contributed by atoms with E-state index in [-0.39, 0.29) is 0 Å². The molecule has 5 heteroatoms. The number of hydrogen-bond acceptors (Lipinski definition) is 5. The second kappa shape index (κ2) is 5.30. The van der Waals surface area contributed by atoms with Crippen LogP contribution in [0.3, 0.4) is 0 Å². The molecule has 2 aromatic rings. The number of thioether (sulfide) groups is 1. The van der Waals surface area contributed by atoms with Gasteiger partial charge in [0.25, 0.3) is 0 Å². The smallest absolute Gasteiger partial charge is 0.170 e. The van der Waals surface area contributed by atoms with Crippen LogP contribution in [-0.2, 0) is 5.75 Å². The lowest BCUT2D eigenvalue weighted by Gasteiger charge is -2.03. The summed E-state index contributed by atoms with van der Waals surface area (Å²) in [7, 11) is 0. The number of benzene rings is 1. The molecule has 86 valence electrons. The van der Waals surface area contributed by atoms with Gasteiger partial charge >= 0.3 is 0 Å². The second-order valence-electron chi connectivity index (χ2n) is 3.65. The van der Waals surface area contributed by atoms with Crippen LogP contribution in [0.5, 0.6) is 0 Å². The van der Waals surface area contributed by atoms with E-state index in [0.717, 1.165) is 21.5 Å². The Bertz CT molecular complexity index is 569. The molecule has 0 aliphatic heterocycles. The molecule has 0 atom stereocenters. The third-order valence-corrected chi connectivity index (χ3v) is 4.31. The van der Waals surface area contributed by atoms with E-state index in [0.29, 0.717) is 5.56 Å². The fraction of sp³-hybridized carbons (Fsp3) is 0.250. The molecule has 0 N–H and O–H groups in total. The third kappa shape index (κ3) is 3.05. The molecule has 0 amide bonds. The van der Waals surface area contributed by atoms with Gasteiger partial charge in [0, 0.05) is 5.75 Å². The number of hydrogen-bond donors (Lipinski definition) is 0. The Hall–Kier alpha value is -1.38. The molecule has 17 heavy (non-hydrogen) atoms. The fourth-order valence-electron chi connectivity index (χ4n) is 1.40. The summed E-state index contributed by atoms with van der Waals surface area (Å²) in [5.74, 6) is 1.70. The van der Waals surface area contributed by atoms with Gasteiger partial charge in [-0.1, -0.05) is 17.8 Å². The summed E-state index contributed by atoms with van der Waals surface area (Å²) in [6.45, 7) is 3.93. The molecule has 0 aliphatic carbocycles. The van der Waals surface area contributed by atoms with Crippen LogP contribution in [0.1, 0.15) is 22.5 Å². The van der Waals surface area contributed by atoms with Crippen molar-refractivity contribution >= 4 is 23.3 Å². The van der Waals surface area contributed by atoms with E-state index >= 15 is 0 Å². The maximum atomic E-state index is 8.79. The molecule has 0 spiro atoms. The van der Waals surface area contributed by atoms with Gasteiger partial charge in [-0.25, -0.2) is 4.98 Å². The van der Waals surface area contributed by atoms with Gasteiger partial charge in [-0.2, -0.15) is 9.64 Å². The number of rotatable bonds is 3. The zero-order valence-corrected chi connectivity index (χ0v) is 11.2. The summed E-state index contributed by atoms with van der Waals surface area (Å²) in [4.78, 5) is 4.31. The first-order valence-corrected chi connectivity index (χ1v) is 6.87. The normalized spacial score (nSPS) is 10.2. The number of aryl methyl sites for hydroxylation is 2. The summed E-state index contributed by atoms with van der Waals surface area (Å²) in [5, 5.41) is 8.79. The van der Waals surface area contributed by atoms with Gasteiger partial charge in [-0.05, 0) is 48.6 Å². The first-order valence-electron chi connectivity index (χ1n) is 5.12. The SMILES string of the molecule is Cc1nsc(SCc2ccc(C#N)cc2C)n1. The quantitative estimate of drug-likeness (QED) is 0.795. The minimum Gasteiger partial charge on any atom is -0.213 e. The fourth-order valence-corrected chi connectivity index (χ4v) is 3.13. The molecule has 0 bridgehead atoms. The van der Waals surface area contributed by atoms with Crippen molar-refractivity contribution in [2.75, 3.05) is 0 Å². The minimum absolute atomic E-state index is 0.711. The molecular formula is C12H11N3S2.